The first-order valence-electron chi connectivity index (χ1n) is 15.7. The third-order valence-corrected chi connectivity index (χ3v) is 10.3. The molecular formula is C40H30Cl2N4O3S2. The second-order valence-corrected chi connectivity index (χ2v) is 14.1. The summed E-state index contributed by atoms with van der Waals surface area (Å²) in [5.74, 6) is -1.31. The van der Waals surface area contributed by atoms with E-state index in [0.29, 0.717) is 32.0 Å². The molecule has 0 spiro atoms. The molecule has 0 bridgehead atoms. The molecule has 1 unspecified atom stereocenters. The van der Waals surface area contributed by atoms with Gasteiger partial charge >= 0.3 is 0 Å². The summed E-state index contributed by atoms with van der Waals surface area (Å²) in [4.78, 5) is 46.0. The predicted octanol–water partition coefficient (Wildman–Crippen LogP) is 10.3. The van der Waals surface area contributed by atoms with Gasteiger partial charge in [0, 0.05) is 42.7 Å². The van der Waals surface area contributed by atoms with E-state index in [2.05, 4.69) is 20.9 Å². The van der Waals surface area contributed by atoms with Gasteiger partial charge in [-0.1, -0.05) is 114 Å². The van der Waals surface area contributed by atoms with Crippen molar-refractivity contribution in [3.63, 3.8) is 0 Å². The molecule has 5 aromatic carbocycles. The van der Waals surface area contributed by atoms with E-state index < -0.39 is 17.1 Å². The van der Waals surface area contributed by atoms with Crippen LogP contribution in [0.25, 0.3) is 17.3 Å². The number of rotatable bonds is 11. The minimum atomic E-state index is -0.633. The highest BCUT2D eigenvalue weighted by Crippen LogP contribution is 2.38. The Morgan fingerprint density at radius 2 is 1.45 bits per heavy atom. The van der Waals surface area contributed by atoms with E-state index in [-0.39, 0.29) is 11.6 Å². The molecule has 6 rings (SSSR count). The summed E-state index contributed by atoms with van der Waals surface area (Å²) in [5.41, 5.74) is 4.85. The van der Waals surface area contributed by atoms with Crippen LogP contribution in [0.1, 0.15) is 32.3 Å². The zero-order valence-electron chi connectivity index (χ0n) is 27.1. The van der Waals surface area contributed by atoms with Crippen molar-refractivity contribution >= 4 is 80.9 Å². The van der Waals surface area contributed by atoms with Crippen molar-refractivity contribution in [1.29, 1.82) is 0 Å². The summed E-state index contributed by atoms with van der Waals surface area (Å²) < 4.78 is 0. The van der Waals surface area contributed by atoms with E-state index in [9.17, 15) is 14.4 Å². The lowest BCUT2D eigenvalue weighted by Gasteiger charge is -2.17. The summed E-state index contributed by atoms with van der Waals surface area (Å²) >= 11 is 15.5. The zero-order chi connectivity index (χ0) is 35.7. The standard InChI is InChI=1S/C40H30Cl2N4O3S2/c1-25-18-20-26(21-19-25)35-24-50-40(45-35)46-39(49)36(27-10-4-2-5-11-27)51-30-15-8-14-29(22-30)43-38(48)34(23-31-32(41)16-9-17-33(31)42)44-37(47)28-12-6-3-7-13-28/h2-24,36H,1H3,(H,43,48)(H,44,47)(H,45,46,49)/b34-23+. The molecule has 0 saturated heterocycles. The number of halogens is 2. The number of aromatic nitrogens is 1. The van der Waals surface area contributed by atoms with Gasteiger partial charge < -0.3 is 16.0 Å². The number of nitrogens with zero attached hydrogens (tertiary/aromatic N) is 1. The first kappa shape index (κ1) is 35.6. The maximum Gasteiger partial charge on any atom is 0.272 e. The van der Waals surface area contributed by atoms with E-state index in [1.165, 1.54) is 29.2 Å². The highest BCUT2D eigenvalue weighted by atomic mass is 35.5. The SMILES string of the molecule is Cc1ccc(-c2csc(NC(=O)C(Sc3cccc(NC(=O)/C(=C\c4c(Cl)cccc4Cl)NC(=O)c4ccccc4)c3)c3ccccc3)n2)cc1. The summed E-state index contributed by atoms with van der Waals surface area (Å²) in [5, 5.41) is 11.0. The minimum absolute atomic E-state index is 0.0631. The number of carbonyl (C=O) groups excluding carboxylic acids is 3. The molecule has 1 heterocycles. The Bertz CT molecular complexity index is 2190. The van der Waals surface area contributed by atoms with Crippen molar-refractivity contribution in [2.24, 2.45) is 0 Å². The van der Waals surface area contributed by atoms with Crippen LogP contribution in [0.15, 0.2) is 143 Å². The molecule has 6 aromatic rings. The van der Waals surface area contributed by atoms with Gasteiger partial charge in [0.15, 0.2) is 5.13 Å². The van der Waals surface area contributed by atoms with Gasteiger partial charge in [-0.3, -0.25) is 14.4 Å². The zero-order valence-corrected chi connectivity index (χ0v) is 30.2. The van der Waals surface area contributed by atoms with Crippen molar-refractivity contribution in [3.8, 4) is 11.3 Å². The molecule has 0 aliphatic carbocycles. The van der Waals surface area contributed by atoms with Gasteiger partial charge in [0.25, 0.3) is 11.8 Å². The van der Waals surface area contributed by atoms with Crippen molar-refractivity contribution in [2.75, 3.05) is 10.6 Å². The summed E-state index contributed by atoms with van der Waals surface area (Å²) in [6.45, 7) is 2.03. The molecule has 0 aliphatic heterocycles. The van der Waals surface area contributed by atoms with E-state index in [1.807, 2.05) is 73.0 Å². The first-order valence-corrected chi connectivity index (χ1v) is 18.2. The molecule has 0 aliphatic rings. The monoisotopic (exact) mass is 748 g/mol. The van der Waals surface area contributed by atoms with Gasteiger partial charge in [-0.15, -0.1) is 23.1 Å². The van der Waals surface area contributed by atoms with Gasteiger partial charge in [0.1, 0.15) is 10.9 Å². The number of hydrogen-bond donors (Lipinski definition) is 3. The minimum Gasteiger partial charge on any atom is -0.321 e. The molecule has 0 fully saturated rings. The van der Waals surface area contributed by atoms with Gasteiger partial charge in [-0.25, -0.2) is 4.98 Å². The van der Waals surface area contributed by atoms with Crippen molar-refractivity contribution in [1.82, 2.24) is 10.3 Å². The Labute approximate surface area is 313 Å². The highest BCUT2D eigenvalue weighted by Gasteiger charge is 2.24. The van der Waals surface area contributed by atoms with E-state index in [4.69, 9.17) is 23.2 Å². The smallest absolute Gasteiger partial charge is 0.272 e. The molecule has 51 heavy (non-hydrogen) atoms. The van der Waals surface area contributed by atoms with Crippen LogP contribution in [0.5, 0.6) is 0 Å². The third kappa shape index (κ3) is 9.33. The first-order chi connectivity index (χ1) is 24.7. The lowest BCUT2D eigenvalue weighted by atomic mass is 10.1. The number of thiazole rings is 1. The molecule has 3 amide bonds. The van der Waals surface area contributed by atoms with Gasteiger partial charge in [0.2, 0.25) is 5.91 Å². The summed E-state index contributed by atoms with van der Waals surface area (Å²) in [6, 6.07) is 38.2. The Balaban J connectivity index is 1.22. The van der Waals surface area contributed by atoms with Gasteiger partial charge in [-0.05, 0) is 61.0 Å². The molecular weight excluding hydrogens is 720 g/mol. The van der Waals surface area contributed by atoms with E-state index in [1.54, 1.807) is 66.7 Å². The van der Waals surface area contributed by atoms with Crippen LogP contribution in [-0.2, 0) is 9.59 Å². The lowest BCUT2D eigenvalue weighted by molar-refractivity contribution is -0.116. The quantitative estimate of drug-likeness (QED) is 0.0905. The number of thioether (sulfide) groups is 1. The second-order valence-electron chi connectivity index (χ2n) is 11.3. The van der Waals surface area contributed by atoms with Crippen LogP contribution < -0.4 is 16.0 Å². The third-order valence-electron chi connectivity index (χ3n) is 7.59. The maximum atomic E-state index is 13.8. The van der Waals surface area contributed by atoms with E-state index in [0.717, 1.165) is 27.3 Å². The number of aryl methyl sites for hydroxylation is 1. The molecule has 3 N–H and O–H groups in total. The Kier molecular flexibility index (Phi) is 11.7. The Hall–Kier alpha value is -5.19. The highest BCUT2D eigenvalue weighted by molar-refractivity contribution is 8.00. The van der Waals surface area contributed by atoms with Gasteiger partial charge in [-0.2, -0.15) is 0 Å². The number of carbonyl (C=O) groups is 3. The number of amides is 3. The van der Waals surface area contributed by atoms with E-state index >= 15 is 0 Å². The predicted molar refractivity (Wildman–Crippen MR) is 209 cm³/mol. The molecule has 254 valence electrons. The van der Waals surface area contributed by atoms with Crippen LogP contribution in [0.2, 0.25) is 10.0 Å². The normalized spacial score (nSPS) is 11.8. The summed E-state index contributed by atoms with van der Waals surface area (Å²) in [7, 11) is 0. The van der Waals surface area contributed by atoms with Crippen LogP contribution in [-0.4, -0.2) is 22.7 Å². The van der Waals surface area contributed by atoms with Crippen molar-refractivity contribution < 1.29 is 14.4 Å². The topological polar surface area (TPSA) is 100 Å². The molecule has 1 aromatic heterocycles. The molecule has 0 radical (unpaired) electrons. The lowest BCUT2D eigenvalue weighted by Crippen LogP contribution is -2.30. The molecule has 0 saturated carbocycles. The number of benzene rings is 5. The fourth-order valence-corrected chi connectivity index (χ4v) is 7.29. The fourth-order valence-electron chi connectivity index (χ4n) is 4.98. The van der Waals surface area contributed by atoms with Gasteiger partial charge in [0.05, 0.1) is 5.69 Å². The largest absolute Gasteiger partial charge is 0.321 e. The average molecular weight is 750 g/mol. The molecule has 11 heteroatoms. The van der Waals surface area contributed by atoms with Crippen molar-refractivity contribution in [2.45, 2.75) is 17.1 Å². The fraction of sp³-hybridized carbons (Fsp3) is 0.0500. The number of anilines is 2. The Morgan fingerprint density at radius 3 is 2.16 bits per heavy atom. The van der Waals surface area contributed by atoms with Crippen LogP contribution in [0.4, 0.5) is 10.8 Å². The van der Waals surface area contributed by atoms with Crippen molar-refractivity contribution in [3.05, 3.63) is 171 Å². The van der Waals surface area contributed by atoms with Crippen LogP contribution in [0.3, 0.4) is 0 Å². The summed E-state index contributed by atoms with van der Waals surface area (Å²) in [6.07, 6.45) is 1.44. The van der Waals surface area contributed by atoms with Crippen LogP contribution in [0, 0.1) is 6.92 Å². The number of nitrogens with one attached hydrogen (secondary N) is 3. The maximum absolute atomic E-state index is 13.8. The number of hydrogen-bond acceptors (Lipinski definition) is 6. The Morgan fingerprint density at radius 1 is 0.784 bits per heavy atom. The second kappa shape index (κ2) is 16.7. The average Bonchev–Trinajstić information content (AvgIpc) is 3.61. The molecule has 7 nitrogen and oxygen atoms in total. The van der Waals surface area contributed by atoms with Crippen LogP contribution >= 0.6 is 46.3 Å². The molecule has 1 atom stereocenters.